The maximum absolute atomic E-state index is 14.1. The van der Waals surface area contributed by atoms with Gasteiger partial charge >= 0.3 is 0 Å². The SMILES string of the molecule is Cl.O=C(CCC1CCNCC1)N(Cc1ccccc1F)c1ccc(F)cc1. The lowest BCUT2D eigenvalue weighted by molar-refractivity contribution is -0.119. The van der Waals surface area contributed by atoms with Gasteiger partial charge in [-0.25, -0.2) is 8.78 Å². The minimum Gasteiger partial charge on any atom is -0.317 e. The summed E-state index contributed by atoms with van der Waals surface area (Å²) in [6.45, 7) is 2.13. The van der Waals surface area contributed by atoms with Crippen molar-refractivity contribution >= 4 is 24.0 Å². The number of hydrogen-bond donors (Lipinski definition) is 1. The Kier molecular flexibility index (Phi) is 8.20. The van der Waals surface area contributed by atoms with E-state index in [1.807, 2.05) is 0 Å². The molecule has 0 saturated carbocycles. The summed E-state index contributed by atoms with van der Waals surface area (Å²) in [5.41, 5.74) is 1.04. The van der Waals surface area contributed by atoms with E-state index in [9.17, 15) is 13.6 Å². The number of carbonyl (C=O) groups excluding carboxylic acids is 1. The van der Waals surface area contributed by atoms with Gasteiger partial charge in [0.15, 0.2) is 0 Å². The zero-order valence-corrected chi connectivity index (χ0v) is 16.0. The molecular weight excluding hydrogens is 370 g/mol. The number of amides is 1. The third-order valence-electron chi connectivity index (χ3n) is 4.95. The van der Waals surface area contributed by atoms with Crippen molar-refractivity contribution in [2.75, 3.05) is 18.0 Å². The second-order valence-corrected chi connectivity index (χ2v) is 6.78. The summed E-state index contributed by atoms with van der Waals surface area (Å²) in [5, 5.41) is 3.32. The van der Waals surface area contributed by atoms with Crippen molar-refractivity contribution in [3.8, 4) is 0 Å². The van der Waals surface area contributed by atoms with Crippen LogP contribution < -0.4 is 10.2 Å². The number of benzene rings is 2. The van der Waals surface area contributed by atoms with Gasteiger partial charge in [0.25, 0.3) is 0 Å². The highest BCUT2D eigenvalue weighted by Gasteiger charge is 2.20. The third kappa shape index (κ3) is 6.01. The Bertz CT molecular complexity index is 733. The minimum absolute atomic E-state index is 0. The van der Waals surface area contributed by atoms with E-state index in [0.717, 1.165) is 32.4 Å². The van der Waals surface area contributed by atoms with E-state index >= 15 is 0 Å². The summed E-state index contributed by atoms with van der Waals surface area (Å²) >= 11 is 0. The molecule has 2 aromatic rings. The first-order chi connectivity index (χ1) is 12.6. The number of anilines is 1. The molecule has 1 N–H and O–H groups in total. The zero-order valence-electron chi connectivity index (χ0n) is 15.2. The van der Waals surface area contributed by atoms with Crippen LogP contribution in [0.3, 0.4) is 0 Å². The lowest BCUT2D eigenvalue weighted by atomic mass is 9.93. The van der Waals surface area contributed by atoms with Crippen molar-refractivity contribution in [1.29, 1.82) is 0 Å². The number of piperidine rings is 1. The summed E-state index contributed by atoms with van der Waals surface area (Å²) in [5.74, 6) is -0.213. The molecule has 146 valence electrons. The number of nitrogens with zero attached hydrogens (tertiary/aromatic N) is 1. The van der Waals surface area contributed by atoms with Crippen molar-refractivity contribution < 1.29 is 13.6 Å². The molecule has 0 spiro atoms. The van der Waals surface area contributed by atoms with Crippen LogP contribution in [0, 0.1) is 17.6 Å². The molecule has 2 aromatic carbocycles. The molecular formula is C21H25ClF2N2O. The van der Waals surface area contributed by atoms with Crippen LogP contribution in [0.5, 0.6) is 0 Å². The van der Waals surface area contributed by atoms with Gasteiger partial charge in [-0.1, -0.05) is 18.2 Å². The number of hydrogen-bond acceptors (Lipinski definition) is 2. The maximum atomic E-state index is 14.1. The van der Waals surface area contributed by atoms with Crippen molar-refractivity contribution in [3.05, 3.63) is 65.7 Å². The highest BCUT2D eigenvalue weighted by atomic mass is 35.5. The van der Waals surface area contributed by atoms with E-state index in [2.05, 4.69) is 5.32 Å². The molecule has 3 nitrogen and oxygen atoms in total. The number of halogens is 3. The molecule has 0 aromatic heterocycles. The van der Waals surface area contributed by atoms with E-state index < -0.39 is 0 Å². The summed E-state index contributed by atoms with van der Waals surface area (Å²) in [7, 11) is 0. The first kappa shape index (κ1) is 21.3. The van der Waals surface area contributed by atoms with Crippen LogP contribution in [0.15, 0.2) is 48.5 Å². The van der Waals surface area contributed by atoms with Crippen LogP contribution in [-0.4, -0.2) is 19.0 Å². The highest BCUT2D eigenvalue weighted by Crippen LogP contribution is 2.23. The number of nitrogens with one attached hydrogen (secondary N) is 1. The quantitative estimate of drug-likeness (QED) is 0.770. The molecule has 1 heterocycles. The number of rotatable bonds is 6. The molecule has 0 unspecified atom stereocenters. The van der Waals surface area contributed by atoms with Gasteiger partial charge in [0.1, 0.15) is 11.6 Å². The Balaban J connectivity index is 0.00000261. The lowest BCUT2D eigenvalue weighted by Gasteiger charge is -2.26. The minimum atomic E-state index is -0.359. The fourth-order valence-electron chi connectivity index (χ4n) is 3.37. The largest absolute Gasteiger partial charge is 0.317 e. The maximum Gasteiger partial charge on any atom is 0.227 e. The van der Waals surface area contributed by atoms with E-state index in [-0.39, 0.29) is 36.5 Å². The highest BCUT2D eigenvalue weighted by molar-refractivity contribution is 5.93. The van der Waals surface area contributed by atoms with E-state index in [1.165, 1.54) is 18.2 Å². The Morgan fingerprint density at radius 3 is 2.37 bits per heavy atom. The summed E-state index contributed by atoms with van der Waals surface area (Å²) in [6.07, 6.45) is 3.40. The number of carbonyl (C=O) groups is 1. The van der Waals surface area contributed by atoms with Gasteiger partial charge in [-0.3, -0.25) is 4.79 Å². The Hall–Kier alpha value is -1.98. The van der Waals surface area contributed by atoms with Gasteiger partial charge in [-0.05, 0) is 68.6 Å². The van der Waals surface area contributed by atoms with Crippen LogP contribution in [0.2, 0.25) is 0 Å². The molecule has 0 bridgehead atoms. The van der Waals surface area contributed by atoms with Gasteiger partial charge < -0.3 is 10.2 Å². The molecule has 6 heteroatoms. The van der Waals surface area contributed by atoms with Crippen molar-refractivity contribution in [2.45, 2.75) is 32.2 Å². The van der Waals surface area contributed by atoms with Crippen LogP contribution >= 0.6 is 12.4 Å². The van der Waals surface area contributed by atoms with E-state index in [0.29, 0.717) is 23.6 Å². The first-order valence-corrected chi connectivity index (χ1v) is 9.13. The summed E-state index contributed by atoms with van der Waals surface area (Å²) in [6, 6.07) is 12.2. The van der Waals surface area contributed by atoms with E-state index in [4.69, 9.17) is 0 Å². The molecule has 0 atom stereocenters. The Labute approximate surface area is 165 Å². The molecule has 1 aliphatic rings. The summed E-state index contributed by atoms with van der Waals surface area (Å²) in [4.78, 5) is 14.4. The monoisotopic (exact) mass is 394 g/mol. The topological polar surface area (TPSA) is 32.3 Å². The Morgan fingerprint density at radius 1 is 1.04 bits per heavy atom. The second kappa shape index (κ2) is 10.4. The van der Waals surface area contributed by atoms with Gasteiger partial charge in [0.05, 0.1) is 6.54 Å². The van der Waals surface area contributed by atoms with Crippen molar-refractivity contribution in [1.82, 2.24) is 5.32 Å². The van der Waals surface area contributed by atoms with Gasteiger partial charge in [0, 0.05) is 17.7 Å². The van der Waals surface area contributed by atoms with Crippen LogP contribution in [0.25, 0.3) is 0 Å². The fourth-order valence-corrected chi connectivity index (χ4v) is 3.37. The fraction of sp³-hybridized carbons (Fsp3) is 0.381. The van der Waals surface area contributed by atoms with Crippen LogP contribution in [0.1, 0.15) is 31.2 Å². The lowest BCUT2D eigenvalue weighted by Crippen LogP contribution is -2.32. The van der Waals surface area contributed by atoms with Gasteiger partial charge in [0.2, 0.25) is 5.91 Å². The summed E-state index contributed by atoms with van der Waals surface area (Å²) < 4.78 is 27.3. The van der Waals surface area contributed by atoms with Crippen LogP contribution in [-0.2, 0) is 11.3 Å². The molecule has 0 radical (unpaired) electrons. The van der Waals surface area contributed by atoms with E-state index in [1.54, 1.807) is 35.2 Å². The van der Waals surface area contributed by atoms with Crippen molar-refractivity contribution in [2.24, 2.45) is 5.92 Å². The normalized spacial score (nSPS) is 14.4. The van der Waals surface area contributed by atoms with Gasteiger partial charge in [-0.2, -0.15) is 0 Å². The second-order valence-electron chi connectivity index (χ2n) is 6.78. The third-order valence-corrected chi connectivity index (χ3v) is 4.95. The van der Waals surface area contributed by atoms with Crippen LogP contribution in [0.4, 0.5) is 14.5 Å². The van der Waals surface area contributed by atoms with Gasteiger partial charge in [-0.15, -0.1) is 12.4 Å². The molecule has 1 saturated heterocycles. The molecule has 27 heavy (non-hydrogen) atoms. The average molecular weight is 395 g/mol. The zero-order chi connectivity index (χ0) is 18.4. The smallest absolute Gasteiger partial charge is 0.227 e. The first-order valence-electron chi connectivity index (χ1n) is 9.13. The Morgan fingerprint density at radius 2 is 1.70 bits per heavy atom. The standard InChI is InChI=1S/C21H24F2N2O.ClH/c22-18-6-8-19(9-7-18)25(15-17-3-1-2-4-20(17)23)21(26)10-5-16-11-13-24-14-12-16;/h1-4,6-9,16,24H,5,10-15H2;1H. The predicted octanol–water partition coefficient (Wildman–Crippen LogP) is 4.70. The molecule has 1 amide bonds. The molecule has 0 aliphatic carbocycles. The molecule has 1 aliphatic heterocycles. The predicted molar refractivity (Wildman–Crippen MR) is 106 cm³/mol. The molecule has 1 fully saturated rings. The average Bonchev–Trinajstić information content (AvgIpc) is 2.67. The molecule has 3 rings (SSSR count). The van der Waals surface area contributed by atoms with Crippen molar-refractivity contribution in [3.63, 3.8) is 0 Å².